The van der Waals surface area contributed by atoms with Crippen LogP contribution in [0, 0.1) is 5.41 Å². The van der Waals surface area contributed by atoms with Crippen LogP contribution in [0.4, 0.5) is 0 Å². The van der Waals surface area contributed by atoms with Crippen molar-refractivity contribution in [2.45, 2.75) is 38.5 Å². The van der Waals surface area contributed by atoms with Gasteiger partial charge in [-0.3, -0.25) is 0 Å². The summed E-state index contributed by atoms with van der Waals surface area (Å²) >= 11 is 0. The number of hydrogen-bond acceptors (Lipinski definition) is 2. The first-order valence-electron chi connectivity index (χ1n) is 5.22. The van der Waals surface area contributed by atoms with Crippen molar-refractivity contribution in [3.8, 4) is 0 Å². The molecular weight excluding hydrogens is 222 g/mol. The normalized spacial score (nSPS) is 28.4. The molecule has 3 nitrogen and oxygen atoms in total. The van der Waals surface area contributed by atoms with Gasteiger partial charge in [0.1, 0.15) is 0 Å². The molecule has 82 valence electrons. The summed E-state index contributed by atoms with van der Waals surface area (Å²) in [5.41, 5.74) is 0.264. The van der Waals surface area contributed by atoms with E-state index in [2.05, 4.69) is 0 Å². The zero-order valence-corrected chi connectivity index (χ0v) is 9.78. The number of hydrogen-bond donors (Lipinski definition) is 0. The summed E-state index contributed by atoms with van der Waals surface area (Å²) in [5, 5.41) is 0. The molecule has 2 rings (SSSR count). The second-order valence-corrected chi connectivity index (χ2v) is 7.10. The van der Waals surface area contributed by atoms with Crippen LogP contribution >= 0.6 is 10.7 Å². The fourth-order valence-corrected chi connectivity index (χ4v) is 3.88. The Morgan fingerprint density at radius 2 is 1.71 bits per heavy atom. The van der Waals surface area contributed by atoms with Crippen LogP contribution in [0.2, 0.25) is 0 Å². The third-order valence-corrected chi connectivity index (χ3v) is 5.14. The fourth-order valence-electron chi connectivity index (χ4n) is 2.79. The van der Waals surface area contributed by atoms with Crippen molar-refractivity contribution in [2.75, 3.05) is 13.1 Å². The lowest BCUT2D eigenvalue weighted by molar-refractivity contribution is 0.206. The summed E-state index contributed by atoms with van der Waals surface area (Å²) < 4.78 is 23.7. The molecule has 1 saturated carbocycles. The minimum Gasteiger partial charge on any atom is -0.195 e. The van der Waals surface area contributed by atoms with Crippen LogP contribution in [0.3, 0.4) is 0 Å². The predicted octanol–water partition coefficient (Wildman–Crippen LogP) is 2.13. The highest BCUT2D eigenvalue weighted by molar-refractivity contribution is 8.11. The van der Waals surface area contributed by atoms with E-state index in [1.165, 1.54) is 36.4 Å². The van der Waals surface area contributed by atoms with Crippen LogP contribution in [0.5, 0.6) is 0 Å². The molecule has 0 aromatic carbocycles. The Kier molecular flexibility index (Phi) is 2.79. The fraction of sp³-hybridized carbons (Fsp3) is 1.00. The zero-order chi connectivity index (χ0) is 10.2. The van der Waals surface area contributed by atoms with Gasteiger partial charge in [-0.15, -0.1) is 0 Å². The molecule has 0 aromatic rings. The average Bonchev–Trinajstić information content (AvgIpc) is 2.50. The van der Waals surface area contributed by atoms with Crippen LogP contribution in [0.25, 0.3) is 0 Å². The van der Waals surface area contributed by atoms with Crippen LogP contribution in [-0.2, 0) is 9.24 Å². The zero-order valence-electron chi connectivity index (χ0n) is 8.21. The molecule has 1 heterocycles. The SMILES string of the molecule is O=S(=O)(Cl)N1CCC2(CCCCC2)C1. The maximum absolute atomic E-state index is 11.2. The van der Waals surface area contributed by atoms with E-state index in [0.717, 1.165) is 6.42 Å². The van der Waals surface area contributed by atoms with Gasteiger partial charge < -0.3 is 0 Å². The Morgan fingerprint density at radius 1 is 1.07 bits per heavy atom. The molecule has 2 aliphatic rings. The lowest BCUT2D eigenvalue weighted by Gasteiger charge is -2.32. The van der Waals surface area contributed by atoms with Gasteiger partial charge in [0.2, 0.25) is 0 Å². The smallest absolute Gasteiger partial charge is 0.195 e. The molecule has 1 saturated heterocycles. The van der Waals surface area contributed by atoms with E-state index >= 15 is 0 Å². The van der Waals surface area contributed by atoms with Crippen molar-refractivity contribution < 1.29 is 8.42 Å². The molecule has 0 N–H and O–H groups in total. The molecule has 1 aliphatic heterocycles. The van der Waals surface area contributed by atoms with E-state index in [0.29, 0.717) is 13.1 Å². The van der Waals surface area contributed by atoms with Crippen molar-refractivity contribution in [1.29, 1.82) is 0 Å². The van der Waals surface area contributed by atoms with Gasteiger partial charge in [0, 0.05) is 23.8 Å². The number of rotatable bonds is 1. The topological polar surface area (TPSA) is 37.4 Å². The van der Waals surface area contributed by atoms with E-state index in [4.69, 9.17) is 10.7 Å². The standard InChI is InChI=1S/C9H16ClNO2S/c10-14(12,13)11-7-6-9(8-11)4-2-1-3-5-9/h1-8H2. The third-order valence-electron chi connectivity index (χ3n) is 3.63. The monoisotopic (exact) mass is 237 g/mol. The molecule has 0 amide bonds. The van der Waals surface area contributed by atoms with Gasteiger partial charge >= 0.3 is 0 Å². The van der Waals surface area contributed by atoms with Gasteiger partial charge in [-0.25, -0.2) is 0 Å². The Morgan fingerprint density at radius 3 is 2.21 bits per heavy atom. The Hall–Kier alpha value is 0.200. The van der Waals surface area contributed by atoms with Gasteiger partial charge in [0.25, 0.3) is 9.24 Å². The lowest BCUT2D eigenvalue weighted by atomic mass is 9.74. The van der Waals surface area contributed by atoms with Gasteiger partial charge in [0.05, 0.1) is 0 Å². The van der Waals surface area contributed by atoms with Crippen molar-refractivity contribution >= 4 is 19.9 Å². The summed E-state index contributed by atoms with van der Waals surface area (Å²) in [6.45, 7) is 1.27. The van der Waals surface area contributed by atoms with Crippen molar-refractivity contribution in [3.05, 3.63) is 0 Å². The highest BCUT2D eigenvalue weighted by Gasteiger charge is 2.42. The third kappa shape index (κ3) is 2.07. The largest absolute Gasteiger partial charge is 0.299 e. The van der Waals surface area contributed by atoms with E-state index < -0.39 is 9.24 Å². The van der Waals surface area contributed by atoms with Gasteiger partial charge in [-0.05, 0) is 24.7 Å². The summed E-state index contributed by atoms with van der Waals surface area (Å²) in [7, 11) is 1.87. The van der Waals surface area contributed by atoms with E-state index in [1.807, 2.05) is 0 Å². The summed E-state index contributed by atoms with van der Waals surface area (Å²) in [4.78, 5) is 0. The Balaban J connectivity index is 2.06. The van der Waals surface area contributed by atoms with Crippen molar-refractivity contribution in [2.24, 2.45) is 5.41 Å². The van der Waals surface area contributed by atoms with Gasteiger partial charge in [-0.2, -0.15) is 12.7 Å². The van der Waals surface area contributed by atoms with Crippen LogP contribution < -0.4 is 0 Å². The molecule has 0 aromatic heterocycles. The van der Waals surface area contributed by atoms with Crippen LogP contribution in [0.15, 0.2) is 0 Å². The lowest BCUT2D eigenvalue weighted by Crippen LogP contribution is -2.30. The van der Waals surface area contributed by atoms with E-state index in [-0.39, 0.29) is 5.41 Å². The molecule has 0 unspecified atom stereocenters. The highest BCUT2D eigenvalue weighted by atomic mass is 35.7. The van der Waals surface area contributed by atoms with Crippen molar-refractivity contribution in [3.63, 3.8) is 0 Å². The first-order valence-corrected chi connectivity index (χ1v) is 7.48. The summed E-state index contributed by atoms with van der Waals surface area (Å²) in [6, 6.07) is 0. The number of nitrogens with zero attached hydrogens (tertiary/aromatic N) is 1. The first-order chi connectivity index (χ1) is 6.52. The maximum atomic E-state index is 11.2. The predicted molar refractivity (Wildman–Crippen MR) is 56.5 cm³/mol. The molecule has 5 heteroatoms. The molecular formula is C9H16ClNO2S. The summed E-state index contributed by atoms with van der Waals surface area (Å²) in [6.07, 6.45) is 7.15. The average molecular weight is 238 g/mol. The Labute approximate surface area is 90.0 Å². The molecule has 0 atom stereocenters. The quantitative estimate of drug-likeness (QED) is 0.656. The van der Waals surface area contributed by atoms with Crippen LogP contribution in [0.1, 0.15) is 38.5 Å². The molecule has 0 radical (unpaired) electrons. The van der Waals surface area contributed by atoms with Crippen molar-refractivity contribution in [1.82, 2.24) is 4.31 Å². The molecule has 14 heavy (non-hydrogen) atoms. The van der Waals surface area contributed by atoms with E-state index in [9.17, 15) is 8.42 Å². The minimum absolute atomic E-state index is 0.264. The van der Waals surface area contributed by atoms with E-state index in [1.54, 1.807) is 0 Å². The second kappa shape index (κ2) is 3.65. The second-order valence-electron chi connectivity index (χ2n) is 4.59. The van der Waals surface area contributed by atoms with Crippen LogP contribution in [-0.4, -0.2) is 25.8 Å². The van der Waals surface area contributed by atoms with Gasteiger partial charge in [0.15, 0.2) is 0 Å². The summed E-state index contributed by atoms with van der Waals surface area (Å²) in [5.74, 6) is 0. The first kappa shape index (κ1) is 10.7. The molecule has 1 spiro atoms. The highest BCUT2D eigenvalue weighted by Crippen LogP contribution is 2.44. The molecule has 1 aliphatic carbocycles. The molecule has 2 fully saturated rings. The molecule has 0 bridgehead atoms. The maximum Gasteiger partial charge on any atom is 0.299 e. The minimum atomic E-state index is -3.47. The Bertz CT molecular complexity index is 309. The van der Waals surface area contributed by atoms with Gasteiger partial charge in [-0.1, -0.05) is 19.3 Å². The number of halogens is 1.